The number of amides is 8. The van der Waals surface area contributed by atoms with Crippen molar-refractivity contribution in [2.75, 3.05) is 14.1 Å². The first-order chi connectivity index (χ1) is 9.99. The number of hydrogen-bond donors (Lipinski definition) is 4. The van der Waals surface area contributed by atoms with Crippen LogP contribution in [0.25, 0.3) is 0 Å². The fourth-order valence-corrected chi connectivity index (χ4v) is 2.05. The number of likely N-dealkylation sites (N-methyl/N-ethyl adjacent to an activating group) is 2. The van der Waals surface area contributed by atoms with E-state index in [1.807, 2.05) is 0 Å². The van der Waals surface area contributed by atoms with Crippen LogP contribution in [0.4, 0.5) is 9.59 Å². The third-order valence-corrected chi connectivity index (χ3v) is 3.46. The molecule has 0 aliphatic carbocycles. The van der Waals surface area contributed by atoms with E-state index in [1.165, 1.54) is 10.6 Å². The quantitative estimate of drug-likeness (QED) is 0.353. The van der Waals surface area contributed by atoms with Gasteiger partial charge in [0, 0.05) is 14.1 Å². The highest BCUT2D eigenvalue weighted by Crippen LogP contribution is 2.31. The summed E-state index contributed by atoms with van der Waals surface area (Å²) >= 11 is 0. The van der Waals surface area contributed by atoms with Gasteiger partial charge in [-0.05, 0) is 0 Å². The molecule has 0 aromatic carbocycles. The molecule has 12 heteroatoms. The van der Waals surface area contributed by atoms with Crippen molar-refractivity contribution in [1.29, 1.82) is 0 Å². The van der Waals surface area contributed by atoms with Gasteiger partial charge in [-0.1, -0.05) is 0 Å². The zero-order valence-electron chi connectivity index (χ0n) is 11.2. The Hall–Kier alpha value is -2.86. The molecule has 118 valence electrons. The monoisotopic (exact) mass is 314 g/mol. The van der Waals surface area contributed by atoms with Crippen molar-refractivity contribution >= 4 is 35.7 Å². The normalized spacial score (nSPS) is 33.1. The Morgan fingerprint density at radius 1 is 0.727 bits per heavy atom. The van der Waals surface area contributed by atoms with Gasteiger partial charge in [-0.25, -0.2) is 9.59 Å². The Labute approximate surface area is 121 Å². The number of carbonyl (C=O) groups is 6. The Kier molecular flexibility index (Phi) is 3.05. The van der Waals surface area contributed by atoms with Gasteiger partial charge >= 0.3 is 12.1 Å². The molecule has 2 aliphatic heterocycles. The molecule has 8 amide bonds. The maximum absolute atomic E-state index is 12.1. The molecule has 2 heterocycles. The minimum absolute atomic E-state index is 0.205. The highest BCUT2D eigenvalue weighted by atomic mass is 16.4. The summed E-state index contributed by atoms with van der Waals surface area (Å²) in [4.78, 5) is 70.8. The molecular weight excluding hydrogens is 304 g/mol. The van der Waals surface area contributed by atoms with Crippen molar-refractivity contribution in [2.45, 2.75) is 11.2 Å². The molecule has 0 bridgehead atoms. The fourth-order valence-electron chi connectivity index (χ4n) is 2.05. The third-order valence-electron chi connectivity index (χ3n) is 3.46. The molecular formula is C10H10N4O8. The number of nitrogens with zero attached hydrogens (tertiary/aromatic N) is 2. The topological polar surface area (TPSA) is 173 Å². The largest absolute Gasteiger partial charge is 0.369 e. The molecule has 2 aliphatic rings. The maximum atomic E-state index is 12.1. The molecule has 22 heavy (non-hydrogen) atoms. The lowest BCUT2D eigenvalue weighted by Gasteiger charge is -2.44. The summed E-state index contributed by atoms with van der Waals surface area (Å²) in [7, 11) is 1.69. The average Bonchev–Trinajstić information content (AvgIpc) is 2.46. The van der Waals surface area contributed by atoms with E-state index in [9.17, 15) is 39.0 Å². The second-order valence-corrected chi connectivity index (χ2v) is 4.67. The first-order valence-corrected chi connectivity index (χ1v) is 5.71. The number of imide groups is 4. The van der Waals surface area contributed by atoms with E-state index in [1.54, 1.807) is 0 Å². The lowest BCUT2D eigenvalue weighted by Crippen LogP contribution is -2.84. The van der Waals surface area contributed by atoms with Crippen LogP contribution in [-0.2, 0) is 19.2 Å². The number of urea groups is 2. The SMILES string of the molecule is CN1C(=O)NC(=O)C(O)(C2(O)C(=O)NC(=O)N(C)C2=O)C1=O. The van der Waals surface area contributed by atoms with E-state index >= 15 is 0 Å². The highest BCUT2D eigenvalue weighted by Gasteiger charge is 2.74. The molecule has 12 nitrogen and oxygen atoms in total. The maximum Gasteiger partial charge on any atom is 0.330 e. The Balaban J connectivity index is 2.65. The number of hydrogen-bond acceptors (Lipinski definition) is 8. The van der Waals surface area contributed by atoms with Crippen molar-refractivity contribution in [2.24, 2.45) is 0 Å². The van der Waals surface area contributed by atoms with Gasteiger partial charge < -0.3 is 10.2 Å². The minimum Gasteiger partial charge on any atom is -0.369 e. The molecule has 0 spiro atoms. The van der Waals surface area contributed by atoms with Gasteiger partial charge in [0.2, 0.25) is 0 Å². The van der Waals surface area contributed by atoms with Gasteiger partial charge in [0.25, 0.3) is 34.8 Å². The van der Waals surface area contributed by atoms with Crippen molar-refractivity contribution in [3.63, 3.8) is 0 Å². The average molecular weight is 314 g/mol. The summed E-state index contributed by atoms with van der Waals surface area (Å²) in [6.45, 7) is 0. The van der Waals surface area contributed by atoms with Crippen LogP contribution >= 0.6 is 0 Å². The predicted octanol–water partition coefficient (Wildman–Crippen LogP) is -4.13. The minimum atomic E-state index is -3.62. The first-order valence-electron chi connectivity index (χ1n) is 5.71. The number of nitrogens with one attached hydrogen (secondary N) is 2. The predicted molar refractivity (Wildman–Crippen MR) is 62.5 cm³/mol. The van der Waals surface area contributed by atoms with Gasteiger partial charge in [-0.2, -0.15) is 0 Å². The molecule has 0 aromatic rings. The smallest absolute Gasteiger partial charge is 0.330 e. The number of rotatable bonds is 1. The van der Waals surface area contributed by atoms with Crippen LogP contribution in [0, 0.1) is 0 Å². The molecule has 0 saturated carbocycles. The van der Waals surface area contributed by atoms with Crippen LogP contribution in [0.1, 0.15) is 0 Å². The molecule has 4 N–H and O–H groups in total. The van der Waals surface area contributed by atoms with Gasteiger partial charge in [0.1, 0.15) is 0 Å². The van der Waals surface area contributed by atoms with Gasteiger partial charge in [-0.3, -0.25) is 39.6 Å². The summed E-state index contributed by atoms with van der Waals surface area (Å²) < 4.78 is 0. The summed E-state index contributed by atoms with van der Waals surface area (Å²) in [5, 5.41) is 23.6. The van der Waals surface area contributed by atoms with Crippen LogP contribution in [0.5, 0.6) is 0 Å². The fraction of sp³-hybridized carbons (Fsp3) is 0.400. The number of aliphatic hydroxyl groups is 2. The number of carbonyl (C=O) groups excluding carboxylic acids is 6. The van der Waals surface area contributed by atoms with Crippen molar-refractivity contribution in [3.05, 3.63) is 0 Å². The van der Waals surface area contributed by atoms with Crippen molar-refractivity contribution in [1.82, 2.24) is 20.4 Å². The van der Waals surface area contributed by atoms with Crippen LogP contribution in [0.15, 0.2) is 0 Å². The van der Waals surface area contributed by atoms with E-state index in [-0.39, 0.29) is 9.80 Å². The zero-order chi connectivity index (χ0) is 17.0. The molecule has 2 rings (SSSR count). The molecule has 2 fully saturated rings. The van der Waals surface area contributed by atoms with Crippen molar-refractivity contribution in [3.8, 4) is 0 Å². The van der Waals surface area contributed by atoms with E-state index in [0.717, 1.165) is 14.1 Å². The Bertz CT molecular complexity index is 603. The van der Waals surface area contributed by atoms with Gasteiger partial charge in [0.15, 0.2) is 0 Å². The standard InChI is InChI=1S/C10H10N4O8/c1-13-5(17)9(21,3(15)11-7(13)19)10(22)4(16)12-8(20)14(2)6(10)18/h21-22H,1-2H3,(H,11,15,19)(H,12,16,20). The second kappa shape index (κ2) is 4.32. The van der Waals surface area contributed by atoms with E-state index in [0.29, 0.717) is 0 Å². The van der Waals surface area contributed by atoms with E-state index in [4.69, 9.17) is 0 Å². The van der Waals surface area contributed by atoms with E-state index in [2.05, 4.69) is 0 Å². The zero-order valence-corrected chi connectivity index (χ0v) is 11.2. The lowest BCUT2D eigenvalue weighted by atomic mass is 9.77. The molecule has 2 unspecified atom stereocenters. The molecule has 2 atom stereocenters. The van der Waals surface area contributed by atoms with Crippen LogP contribution < -0.4 is 10.6 Å². The van der Waals surface area contributed by atoms with Gasteiger partial charge in [-0.15, -0.1) is 0 Å². The molecule has 2 saturated heterocycles. The molecule has 0 radical (unpaired) electrons. The molecule has 0 aromatic heterocycles. The number of barbiturate groups is 2. The first kappa shape index (κ1) is 15.5. The van der Waals surface area contributed by atoms with E-state index < -0.39 is 46.9 Å². The Morgan fingerprint density at radius 3 is 1.27 bits per heavy atom. The highest BCUT2D eigenvalue weighted by molar-refractivity contribution is 6.32. The lowest BCUT2D eigenvalue weighted by molar-refractivity contribution is -0.203. The third kappa shape index (κ3) is 1.52. The van der Waals surface area contributed by atoms with Crippen LogP contribution in [0.2, 0.25) is 0 Å². The summed E-state index contributed by atoms with van der Waals surface area (Å²) in [6, 6.07) is -2.45. The summed E-state index contributed by atoms with van der Waals surface area (Å²) in [5.74, 6) is -6.94. The Morgan fingerprint density at radius 2 is 1.00 bits per heavy atom. The summed E-state index contributed by atoms with van der Waals surface area (Å²) in [6.07, 6.45) is 0. The van der Waals surface area contributed by atoms with Gasteiger partial charge in [0.05, 0.1) is 0 Å². The van der Waals surface area contributed by atoms with Crippen LogP contribution in [-0.4, -0.2) is 81.0 Å². The summed E-state index contributed by atoms with van der Waals surface area (Å²) in [5.41, 5.74) is -7.24. The van der Waals surface area contributed by atoms with Crippen molar-refractivity contribution < 1.29 is 39.0 Å². The second-order valence-electron chi connectivity index (χ2n) is 4.67. The van der Waals surface area contributed by atoms with Crippen LogP contribution in [0.3, 0.4) is 0 Å².